The summed E-state index contributed by atoms with van der Waals surface area (Å²) in [5, 5.41) is 12.8. The molecule has 0 radical (unpaired) electrons. The SMILES string of the molecule is COc1ccc(N2C(=O)C(O)=C(C(=O)C(C)C)C2c2sccc2C)cc1Cl. The number of ether oxygens (including phenoxy) is 1. The van der Waals surface area contributed by atoms with Crippen LogP contribution >= 0.6 is 22.9 Å². The molecule has 1 N–H and O–H groups in total. The summed E-state index contributed by atoms with van der Waals surface area (Å²) in [5.41, 5.74) is 1.57. The number of carbonyl (C=O) groups is 2. The number of ketones is 1. The van der Waals surface area contributed by atoms with Crippen LogP contribution in [-0.2, 0) is 9.59 Å². The summed E-state index contributed by atoms with van der Waals surface area (Å²) in [7, 11) is 1.51. The van der Waals surface area contributed by atoms with Gasteiger partial charge in [-0.15, -0.1) is 11.3 Å². The van der Waals surface area contributed by atoms with Crippen molar-refractivity contribution >= 4 is 40.3 Å². The zero-order valence-electron chi connectivity index (χ0n) is 15.4. The van der Waals surface area contributed by atoms with Crippen LogP contribution in [0, 0.1) is 12.8 Å². The summed E-state index contributed by atoms with van der Waals surface area (Å²) in [4.78, 5) is 28.0. The number of nitrogens with zero attached hydrogens (tertiary/aromatic N) is 1. The Morgan fingerprint density at radius 3 is 2.56 bits per heavy atom. The Morgan fingerprint density at radius 2 is 2.04 bits per heavy atom. The molecule has 0 saturated carbocycles. The average molecular weight is 406 g/mol. The standard InChI is InChI=1S/C20H20ClNO4S/c1-10(2)17(23)15-16(19-11(3)7-8-27-19)22(20(25)18(15)24)12-5-6-14(26-4)13(21)9-12/h5-10,16,24H,1-4H3. The van der Waals surface area contributed by atoms with Crippen LogP contribution in [-0.4, -0.2) is 23.9 Å². The van der Waals surface area contributed by atoms with Crippen LogP contribution in [0.4, 0.5) is 5.69 Å². The fourth-order valence-corrected chi connectivity index (χ4v) is 4.43. The largest absolute Gasteiger partial charge is 0.503 e. The minimum atomic E-state index is -0.683. The molecule has 0 fully saturated rings. The predicted octanol–water partition coefficient (Wildman–Crippen LogP) is 4.84. The van der Waals surface area contributed by atoms with Crippen molar-refractivity contribution in [3.05, 3.63) is 56.4 Å². The van der Waals surface area contributed by atoms with E-state index in [1.165, 1.54) is 23.3 Å². The molecule has 0 spiro atoms. The Hall–Kier alpha value is -2.31. The van der Waals surface area contributed by atoms with E-state index in [9.17, 15) is 14.7 Å². The van der Waals surface area contributed by atoms with Gasteiger partial charge in [0.15, 0.2) is 11.5 Å². The third kappa shape index (κ3) is 3.24. The van der Waals surface area contributed by atoms with Gasteiger partial charge in [0.05, 0.1) is 17.7 Å². The quantitative estimate of drug-likeness (QED) is 0.772. The summed E-state index contributed by atoms with van der Waals surface area (Å²) >= 11 is 7.69. The topological polar surface area (TPSA) is 66.8 Å². The molecular weight excluding hydrogens is 386 g/mol. The van der Waals surface area contributed by atoms with Gasteiger partial charge in [0.2, 0.25) is 0 Å². The first-order valence-corrected chi connectivity index (χ1v) is 9.72. The van der Waals surface area contributed by atoms with Gasteiger partial charge in [-0.05, 0) is 42.1 Å². The van der Waals surface area contributed by atoms with Crippen molar-refractivity contribution in [3.63, 3.8) is 0 Å². The van der Waals surface area contributed by atoms with Crippen LogP contribution in [0.5, 0.6) is 5.75 Å². The third-order valence-corrected chi connectivity index (χ3v) is 5.93. The zero-order valence-corrected chi connectivity index (χ0v) is 17.0. The number of benzene rings is 1. The number of aliphatic hydroxyl groups is 1. The van der Waals surface area contributed by atoms with Crippen molar-refractivity contribution in [3.8, 4) is 5.75 Å². The first-order chi connectivity index (χ1) is 12.8. The molecule has 0 bridgehead atoms. The zero-order chi connectivity index (χ0) is 19.9. The molecule has 0 aliphatic carbocycles. The highest BCUT2D eigenvalue weighted by atomic mass is 35.5. The number of halogens is 1. The van der Waals surface area contributed by atoms with Crippen LogP contribution in [0.25, 0.3) is 0 Å². The summed E-state index contributed by atoms with van der Waals surface area (Å²) in [6.07, 6.45) is 0. The fourth-order valence-electron chi connectivity index (χ4n) is 3.15. The van der Waals surface area contributed by atoms with Crippen LogP contribution in [0.2, 0.25) is 5.02 Å². The molecule has 1 atom stereocenters. The number of thiophene rings is 1. The van der Waals surface area contributed by atoms with Crippen molar-refractivity contribution in [1.82, 2.24) is 0 Å². The number of Topliss-reactive ketones (excluding diaryl/α,β-unsaturated/α-hetero) is 1. The number of aryl methyl sites for hydroxylation is 1. The number of hydrogen-bond donors (Lipinski definition) is 1. The average Bonchev–Trinajstić information content (AvgIpc) is 3.15. The molecule has 0 saturated heterocycles. The molecule has 2 aromatic rings. The van der Waals surface area contributed by atoms with Gasteiger partial charge in [0, 0.05) is 16.5 Å². The number of carbonyl (C=O) groups excluding carboxylic acids is 2. The molecule has 1 aliphatic rings. The van der Waals surface area contributed by atoms with Gasteiger partial charge in [-0.3, -0.25) is 14.5 Å². The van der Waals surface area contributed by atoms with Gasteiger partial charge in [-0.25, -0.2) is 0 Å². The summed E-state index contributed by atoms with van der Waals surface area (Å²) in [6, 6.07) is 6.19. The molecule has 1 aliphatic heterocycles. The van der Waals surface area contributed by atoms with Gasteiger partial charge >= 0.3 is 0 Å². The van der Waals surface area contributed by atoms with Gasteiger partial charge in [-0.1, -0.05) is 25.4 Å². The van der Waals surface area contributed by atoms with Gasteiger partial charge in [-0.2, -0.15) is 0 Å². The Kier molecular flexibility index (Phi) is 5.31. The van der Waals surface area contributed by atoms with E-state index < -0.39 is 17.7 Å². The first-order valence-electron chi connectivity index (χ1n) is 8.46. The van der Waals surface area contributed by atoms with Crippen LogP contribution in [0.3, 0.4) is 0 Å². The molecule has 1 aromatic carbocycles. The second kappa shape index (κ2) is 7.37. The first kappa shape index (κ1) is 19.5. The summed E-state index contributed by atoms with van der Waals surface area (Å²) in [6.45, 7) is 5.42. The van der Waals surface area contributed by atoms with Gasteiger partial charge in [0.25, 0.3) is 5.91 Å². The lowest BCUT2D eigenvalue weighted by molar-refractivity contribution is -0.119. The maximum Gasteiger partial charge on any atom is 0.294 e. The van der Waals surface area contributed by atoms with E-state index in [1.54, 1.807) is 32.0 Å². The van der Waals surface area contributed by atoms with E-state index in [0.29, 0.717) is 16.5 Å². The third-order valence-electron chi connectivity index (χ3n) is 4.56. The monoisotopic (exact) mass is 405 g/mol. The highest BCUT2D eigenvalue weighted by molar-refractivity contribution is 7.10. The molecule has 1 aromatic heterocycles. The highest BCUT2D eigenvalue weighted by Gasteiger charge is 2.45. The van der Waals surface area contributed by atoms with Crippen molar-refractivity contribution in [2.24, 2.45) is 5.92 Å². The van der Waals surface area contributed by atoms with E-state index in [1.807, 2.05) is 18.4 Å². The number of amides is 1. The van der Waals surface area contributed by atoms with E-state index in [4.69, 9.17) is 16.3 Å². The molecule has 5 nitrogen and oxygen atoms in total. The van der Waals surface area contributed by atoms with Crippen LogP contribution in [0.1, 0.15) is 30.3 Å². The van der Waals surface area contributed by atoms with Crippen molar-refractivity contribution < 1.29 is 19.4 Å². The maximum absolute atomic E-state index is 12.9. The van der Waals surface area contributed by atoms with E-state index in [-0.39, 0.29) is 17.3 Å². The molecule has 7 heteroatoms. The second-order valence-corrected chi connectivity index (χ2v) is 8.00. The minimum Gasteiger partial charge on any atom is -0.503 e. The highest BCUT2D eigenvalue weighted by Crippen LogP contribution is 2.45. The maximum atomic E-state index is 12.9. The lowest BCUT2D eigenvalue weighted by Gasteiger charge is -2.27. The van der Waals surface area contributed by atoms with Crippen molar-refractivity contribution in [1.29, 1.82) is 0 Å². The molecule has 3 rings (SSSR count). The van der Waals surface area contributed by atoms with Crippen molar-refractivity contribution in [2.45, 2.75) is 26.8 Å². The smallest absolute Gasteiger partial charge is 0.294 e. The summed E-state index contributed by atoms with van der Waals surface area (Å²) < 4.78 is 5.17. The normalized spacial score (nSPS) is 17.2. The van der Waals surface area contributed by atoms with Gasteiger partial charge < -0.3 is 9.84 Å². The molecule has 2 heterocycles. The fraction of sp³-hybridized carbons (Fsp3) is 0.300. The van der Waals surface area contributed by atoms with E-state index >= 15 is 0 Å². The number of anilines is 1. The Bertz CT molecular complexity index is 947. The molecule has 142 valence electrons. The van der Waals surface area contributed by atoms with E-state index in [2.05, 4.69) is 0 Å². The Balaban J connectivity index is 2.19. The number of methoxy groups -OCH3 is 1. The van der Waals surface area contributed by atoms with E-state index in [0.717, 1.165) is 10.4 Å². The van der Waals surface area contributed by atoms with Crippen LogP contribution < -0.4 is 9.64 Å². The number of aliphatic hydroxyl groups excluding tert-OH is 1. The lowest BCUT2D eigenvalue weighted by atomic mass is 9.93. The summed E-state index contributed by atoms with van der Waals surface area (Å²) in [5.74, 6) is -1.24. The van der Waals surface area contributed by atoms with Gasteiger partial charge in [0.1, 0.15) is 11.8 Å². The van der Waals surface area contributed by atoms with Crippen molar-refractivity contribution in [2.75, 3.05) is 12.0 Å². The molecular formula is C20H20ClNO4S. The predicted molar refractivity (Wildman–Crippen MR) is 107 cm³/mol. The number of hydrogen-bond acceptors (Lipinski definition) is 5. The Labute approximate surface area is 166 Å². The second-order valence-electron chi connectivity index (χ2n) is 6.65. The lowest BCUT2D eigenvalue weighted by Crippen LogP contribution is -2.31. The molecule has 27 heavy (non-hydrogen) atoms. The number of rotatable bonds is 5. The molecule has 1 amide bonds. The minimum absolute atomic E-state index is 0.132. The molecule has 1 unspecified atom stereocenters. The van der Waals surface area contributed by atoms with Crippen LogP contribution in [0.15, 0.2) is 41.0 Å². The Morgan fingerprint density at radius 1 is 1.33 bits per heavy atom.